The maximum atomic E-state index is 11.1. The summed E-state index contributed by atoms with van der Waals surface area (Å²) in [4.78, 5) is 15.8. The van der Waals surface area contributed by atoms with Crippen LogP contribution in [0.3, 0.4) is 0 Å². The summed E-state index contributed by atoms with van der Waals surface area (Å²) in [7, 11) is 1.62. The van der Waals surface area contributed by atoms with E-state index < -0.39 is 5.97 Å². The van der Waals surface area contributed by atoms with E-state index in [4.69, 9.17) is 9.84 Å². The number of nitrogens with zero attached hydrogens (tertiary/aromatic N) is 3. The van der Waals surface area contributed by atoms with Crippen molar-refractivity contribution in [1.29, 1.82) is 0 Å². The quantitative estimate of drug-likeness (QED) is 0.917. The first-order valence-electron chi connectivity index (χ1n) is 7.98. The molecule has 0 unspecified atom stereocenters. The van der Waals surface area contributed by atoms with E-state index in [-0.39, 0.29) is 6.54 Å². The first-order chi connectivity index (χ1) is 11.2. The Kier molecular flexibility index (Phi) is 4.60. The maximum absolute atomic E-state index is 11.1. The predicted molar refractivity (Wildman–Crippen MR) is 85.5 cm³/mol. The Bertz CT molecular complexity index is 673. The molecule has 1 saturated carbocycles. The first-order valence-corrected chi connectivity index (χ1v) is 7.98. The number of benzene rings is 1. The number of methoxy groups -OCH3 is 1. The lowest BCUT2D eigenvalue weighted by Crippen LogP contribution is -2.17. The van der Waals surface area contributed by atoms with Gasteiger partial charge in [-0.1, -0.05) is 19.3 Å². The Labute approximate surface area is 135 Å². The van der Waals surface area contributed by atoms with Crippen LogP contribution in [0.1, 0.15) is 43.8 Å². The molecule has 1 aliphatic rings. The number of ether oxygens (including phenoxy) is 1. The highest BCUT2D eigenvalue weighted by Crippen LogP contribution is 2.32. The second-order valence-electron chi connectivity index (χ2n) is 5.91. The number of aliphatic carboxylic acids is 1. The predicted octanol–water partition coefficient (Wildman–Crippen LogP) is 3.09. The van der Waals surface area contributed by atoms with E-state index in [2.05, 4.69) is 10.1 Å². The molecule has 2 aromatic rings. The van der Waals surface area contributed by atoms with Crippen LogP contribution in [-0.2, 0) is 11.3 Å². The third kappa shape index (κ3) is 3.52. The van der Waals surface area contributed by atoms with Crippen LogP contribution in [0.5, 0.6) is 5.75 Å². The van der Waals surface area contributed by atoms with Crippen LogP contribution in [0, 0.1) is 0 Å². The Hall–Kier alpha value is -2.37. The summed E-state index contributed by atoms with van der Waals surface area (Å²) >= 11 is 0. The van der Waals surface area contributed by atoms with Gasteiger partial charge < -0.3 is 9.84 Å². The fraction of sp³-hybridized carbons (Fsp3) is 0.471. The summed E-state index contributed by atoms with van der Waals surface area (Å²) in [5.41, 5.74) is 0.868. The summed E-state index contributed by atoms with van der Waals surface area (Å²) in [5, 5.41) is 13.6. The van der Waals surface area contributed by atoms with E-state index in [1.54, 1.807) is 11.8 Å². The largest absolute Gasteiger partial charge is 0.497 e. The third-order valence-corrected chi connectivity index (χ3v) is 4.30. The number of rotatable bonds is 5. The normalized spacial score (nSPS) is 15.5. The zero-order chi connectivity index (χ0) is 16.2. The molecule has 0 atom stereocenters. The van der Waals surface area contributed by atoms with Gasteiger partial charge in [0.1, 0.15) is 18.1 Å². The molecule has 0 radical (unpaired) electrons. The minimum absolute atomic E-state index is 0.144. The maximum Gasteiger partial charge on any atom is 0.325 e. The summed E-state index contributed by atoms with van der Waals surface area (Å²) in [6, 6.07) is 7.49. The van der Waals surface area contributed by atoms with E-state index in [1.165, 1.54) is 19.3 Å². The molecule has 3 rings (SSSR count). The average Bonchev–Trinajstić information content (AvgIpc) is 2.99. The number of hydrogen-bond acceptors (Lipinski definition) is 4. The number of carbonyl (C=O) groups is 1. The van der Waals surface area contributed by atoms with Gasteiger partial charge in [-0.2, -0.15) is 5.10 Å². The molecule has 1 aromatic carbocycles. The molecule has 122 valence electrons. The van der Waals surface area contributed by atoms with Crippen molar-refractivity contribution in [3.8, 4) is 17.1 Å². The van der Waals surface area contributed by atoms with Crippen molar-refractivity contribution in [1.82, 2.24) is 14.8 Å². The lowest BCUT2D eigenvalue weighted by Gasteiger charge is -2.20. The van der Waals surface area contributed by atoms with Crippen molar-refractivity contribution in [2.45, 2.75) is 44.6 Å². The molecule has 0 spiro atoms. The number of carboxylic acids is 1. The second-order valence-corrected chi connectivity index (χ2v) is 5.91. The molecule has 6 nitrogen and oxygen atoms in total. The molecule has 0 bridgehead atoms. The lowest BCUT2D eigenvalue weighted by molar-refractivity contribution is -0.137. The van der Waals surface area contributed by atoms with Gasteiger partial charge >= 0.3 is 5.97 Å². The van der Waals surface area contributed by atoms with Crippen LogP contribution in [-0.4, -0.2) is 33.0 Å². The summed E-state index contributed by atoms with van der Waals surface area (Å²) in [5.74, 6) is 1.56. The highest BCUT2D eigenvalue weighted by atomic mass is 16.5. The van der Waals surface area contributed by atoms with Gasteiger partial charge in [0, 0.05) is 11.5 Å². The molecular weight excluding hydrogens is 294 g/mol. The van der Waals surface area contributed by atoms with Crippen molar-refractivity contribution in [3.05, 3.63) is 30.1 Å². The Morgan fingerprint density at radius 2 is 1.96 bits per heavy atom. The van der Waals surface area contributed by atoms with Gasteiger partial charge in [-0.3, -0.25) is 4.79 Å². The minimum atomic E-state index is -0.895. The van der Waals surface area contributed by atoms with Gasteiger partial charge in [-0.25, -0.2) is 9.67 Å². The third-order valence-electron chi connectivity index (χ3n) is 4.30. The SMILES string of the molecule is COc1ccc(-c2nc(C3CCCCC3)n(CC(=O)O)n2)cc1. The van der Waals surface area contributed by atoms with Crippen LogP contribution in [0.15, 0.2) is 24.3 Å². The molecule has 1 aliphatic carbocycles. The zero-order valence-electron chi connectivity index (χ0n) is 13.2. The van der Waals surface area contributed by atoms with Crippen LogP contribution < -0.4 is 4.74 Å². The fourth-order valence-electron chi connectivity index (χ4n) is 3.12. The van der Waals surface area contributed by atoms with E-state index in [1.807, 2.05) is 24.3 Å². The van der Waals surface area contributed by atoms with Crippen LogP contribution in [0.4, 0.5) is 0 Å². The Morgan fingerprint density at radius 3 is 2.57 bits per heavy atom. The molecule has 1 heterocycles. The van der Waals surface area contributed by atoms with Crippen molar-refractivity contribution in [2.24, 2.45) is 0 Å². The van der Waals surface area contributed by atoms with E-state index in [0.717, 1.165) is 30.0 Å². The summed E-state index contributed by atoms with van der Waals surface area (Å²) in [6.07, 6.45) is 5.70. The van der Waals surface area contributed by atoms with Crippen LogP contribution >= 0.6 is 0 Å². The number of hydrogen-bond donors (Lipinski definition) is 1. The van der Waals surface area contributed by atoms with Crippen molar-refractivity contribution < 1.29 is 14.6 Å². The average molecular weight is 315 g/mol. The fourth-order valence-corrected chi connectivity index (χ4v) is 3.12. The molecule has 23 heavy (non-hydrogen) atoms. The smallest absolute Gasteiger partial charge is 0.325 e. The molecule has 1 fully saturated rings. The van der Waals surface area contributed by atoms with Crippen molar-refractivity contribution >= 4 is 5.97 Å². The lowest BCUT2D eigenvalue weighted by atomic mass is 9.88. The van der Waals surface area contributed by atoms with Gasteiger partial charge in [0.2, 0.25) is 0 Å². The van der Waals surface area contributed by atoms with Gasteiger partial charge in [0.15, 0.2) is 5.82 Å². The minimum Gasteiger partial charge on any atom is -0.497 e. The molecule has 1 aromatic heterocycles. The van der Waals surface area contributed by atoms with E-state index >= 15 is 0 Å². The highest BCUT2D eigenvalue weighted by molar-refractivity contribution is 5.66. The molecular formula is C17H21N3O3. The molecule has 1 N–H and O–H groups in total. The van der Waals surface area contributed by atoms with Crippen molar-refractivity contribution in [3.63, 3.8) is 0 Å². The summed E-state index contributed by atoms with van der Waals surface area (Å²) in [6.45, 7) is -0.144. The highest BCUT2D eigenvalue weighted by Gasteiger charge is 2.23. The topological polar surface area (TPSA) is 77.2 Å². The van der Waals surface area contributed by atoms with E-state index in [9.17, 15) is 4.79 Å². The molecule has 0 saturated heterocycles. The standard InChI is InChI=1S/C17H21N3O3/c1-23-14-9-7-12(8-10-14)16-18-17(13-5-3-2-4-6-13)20(19-16)11-15(21)22/h7-10,13H,2-6,11H2,1H3,(H,21,22). The first kappa shape index (κ1) is 15.5. The Morgan fingerprint density at radius 1 is 1.26 bits per heavy atom. The number of aromatic nitrogens is 3. The van der Waals surface area contributed by atoms with Crippen LogP contribution in [0.2, 0.25) is 0 Å². The summed E-state index contributed by atoms with van der Waals surface area (Å²) < 4.78 is 6.71. The number of carboxylic acid groups (broad SMARTS) is 1. The van der Waals surface area contributed by atoms with Gasteiger partial charge in [-0.15, -0.1) is 0 Å². The Balaban J connectivity index is 1.93. The molecule has 6 heteroatoms. The second kappa shape index (κ2) is 6.81. The van der Waals surface area contributed by atoms with E-state index in [0.29, 0.717) is 11.7 Å². The van der Waals surface area contributed by atoms with Gasteiger partial charge in [-0.05, 0) is 37.1 Å². The molecule has 0 aliphatic heterocycles. The molecule has 0 amide bonds. The van der Waals surface area contributed by atoms with Gasteiger partial charge in [0.25, 0.3) is 0 Å². The van der Waals surface area contributed by atoms with Gasteiger partial charge in [0.05, 0.1) is 7.11 Å². The van der Waals surface area contributed by atoms with Crippen molar-refractivity contribution in [2.75, 3.05) is 7.11 Å². The monoisotopic (exact) mass is 315 g/mol. The zero-order valence-corrected chi connectivity index (χ0v) is 13.2. The van der Waals surface area contributed by atoms with Crippen LogP contribution in [0.25, 0.3) is 11.4 Å².